The maximum atomic E-state index is 9.79. The van der Waals surface area contributed by atoms with Crippen LogP contribution in [-0.2, 0) is 6.42 Å². The Morgan fingerprint density at radius 1 is 0.897 bits per heavy atom. The third kappa shape index (κ3) is 5.36. The van der Waals surface area contributed by atoms with E-state index >= 15 is 0 Å². The van der Waals surface area contributed by atoms with Gasteiger partial charge in [-0.1, -0.05) is 31.2 Å². The minimum atomic E-state index is 0.192. The summed E-state index contributed by atoms with van der Waals surface area (Å²) in [6, 6.07) is 20.6. The summed E-state index contributed by atoms with van der Waals surface area (Å²) in [5.41, 5.74) is 5.37. The summed E-state index contributed by atoms with van der Waals surface area (Å²) in [5.74, 6) is 1.30. The van der Waals surface area contributed by atoms with Crippen LogP contribution >= 0.6 is 12.6 Å². The van der Waals surface area contributed by atoms with E-state index in [1.54, 1.807) is 24.3 Å². The van der Waals surface area contributed by atoms with Crippen molar-refractivity contribution in [1.29, 1.82) is 0 Å². The molecule has 4 heteroatoms. The van der Waals surface area contributed by atoms with E-state index in [1.165, 1.54) is 0 Å². The highest BCUT2D eigenvalue weighted by Crippen LogP contribution is 2.35. The molecule has 0 bridgehead atoms. The van der Waals surface area contributed by atoms with E-state index in [2.05, 4.69) is 38.6 Å². The van der Waals surface area contributed by atoms with Gasteiger partial charge in [0.2, 0.25) is 0 Å². The van der Waals surface area contributed by atoms with Crippen LogP contribution in [0.25, 0.3) is 11.1 Å². The van der Waals surface area contributed by atoms with Gasteiger partial charge in [0.1, 0.15) is 17.2 Å². The quantitative estimate of drug-likeness (QED) is 0.317. The zero-order chi connectivity index (χ0) is 20.8. The van der Waals surface area contributed by atoms with Crippen molar-refractivity contribution >= 4 is 23.8 Å². The van der Waals surface area contributed by atoms with E-state index in [1.807, 2.05) is 30.3 Å². The number of thiol groups is 1. The highest BCUT2D eigenvalue weighted by atomic mass is 32.1. The zero-order valence-corrected chi connectivity index (χ0v) is 17.6. The Morgan fingerprint density at radius 2 is 1.55 bits per heavy atom. The van der Waals surface area contributed by atoms with Crippen molar-refractivity contribution in [3.63, 3.8) is 0 Å². The molecule has 0 amide bonds. The summed E-state index contributed by atoms with van der Waals surface area (Å²) in [6.45, 7) is 4.87. The van der Waals surface area contributed by atoms with Gasteiger partial charge in [-0.25, -0.2) is 0 Å². The van der Waals surface area contributed by atoms with Gasteiger partial charge in [-0.05, 0) is 90.1 Å². The average Bonchev–Trinajstić information content (AvgIpc) is 2.72. The molecule has 0 fully saturated rings. The standard InChI is InChI=1S/C25H26O3S/c1-3-14-28-22-11-4-18(5-12-22)15-24(23-13-10-21(27)16-25(23)29)17(2)19-6-8-20(26)9-7-19/h4-13,16,26-27,29H,3,14-15H2,1-2H3/b24-17+. The number of hydrogen-bond acceptors (Lipinski definition) is 4. The normalized spacial score (nSPS) is 11.8. The third-order valence-corrected chi connectivity index (χ3v) is 5.21. The van der Waals surface area contributed by atoms with Gasteiger partial charge in [-0.3, -0.25) is 0 Å². The van der Waals surface area contributed by atoms with Crippen LogP contribution in [0.5, 0.6) is 17.2 Å². The molecule has 3 aromatic rings. The Labute approximate surface area is 177 Å². The van der Waals surface area contributed by atoms with Crippen LogP contribution in [0.1, 0.15) is 37.0 Å². The lowest BCUT2D eigenvalue weighted by atomic mass is 9.90. The van der Waals surface area contributed by atoms with Crippen LogP contribution < -0.4 is 4.74 Å². The minimum Gasteiger partial charge on any atom is -0.508 e. The predicted octanol–water partition coefficient (Wildman–Crippen LogP) is 6.35. The lowest BCUT2D eigenvalue weighted by molar-refractivity contribution is 0.317. The summed E-state index contributed by atoms with van der Waals surface area (Å²) >= 11 is 4.60. The van der Waals surface area contributed by atoms with Gasteiger partial charge in [0, 0.05) is 4.90 Å². The number of allylic oxidation sites excluding steroid dienone is 2. The number of benzene rings is 3. The first kappa shape index (κ1) is 20.9. The third-order valence-electron chi connectivity index (χ3n) is 4.84. The Kier molecular flexibility index (Phi) is 6.89. The Bertz CT molecular complexity index is 990. The van der Waals surface area contributed by atoms with Gasteiger partial charge >= 0.3 is 0 Å². The van der Waals surface area contributed by atoms with Gasteiger partial charge < -0.3 is 14.9 Å². The van der Waals surface area contributed by atoms with Crippen LogP contribution in [0, 0.1) is 0 Å². The summed E-state index contributed by atoms with van der Waals surface area (Å²) in [4.78, 5) is 0.723. The Morgan fingerprint density at radius 3 is 2.17 bits per heavy atom. The number of phenolic OH excluding ortho intramolecular Hbond substituents is 2. The average molecular weight is 407 g/mol. The van der Waals surface area contributed by atoms with Gasteiger partial charge in [0.15, 0.2) is 0 Å². The second kappa shape index (κ2) is 9.57. The molecule has 0 heterocycles. The highest BCUT2D eigenvalue weighted by molar-refractivity contribution is 7.80. The first-order chi connectivity index (χ1) is 14.0. The SMILES string of the molecule is CCCOc1ccc(C/C(=C(/C)c2ccc(O)cc2)c2ccc(O)cc2S)cc1. The summed E-state index contributed by atoms with van der Waals surface area (Å²) < 4.78 is 5.68. The maximum Gasteiger partial charge on any atom is 0.119 e. The van der Waals surface area contributed by atoms with Crippen LogP contribution in [0.4, 0.5) is 0 Å². The molecule has 3 nitrogen and oxygen atoms in total. The molecule has 0 saturated heterocycles. The first-order valence-electron chi connectivity index (χ1n) is 9.71. The molecule has 0 aliphatic heterocycles. The fourth-order valence-corrected chi connectivity index (χ4v) is 3.56. The van der Waals surface area contributed by atoms with E-state index in [9.17, 15) is 10.2 Å². The predicted molar refractivity (Wildman–Crippen MR) is 122 cm³/mol. The molecule has 150 valence electrons. The summed E-state index contributed by atoms with van der Waals surface area (Å²) in [5, 5.41) is 19.4. The smallest absolute Gasteiger partial charge is 0.119 e. The second-order valence-corrected chi connectivity index (χ2v) is 7.50. The summed E-state index contributed by atoms with van der Waals surface area (Å²) in [6.07, 6.45) is 1.69. The van der Waals surface area contributed by atoms with Crippen molar-refractivity contribution in [2.24, 2.45) is 0 Å². The van der Waals surface area contributed by atoms with Crippen LogP contribution in [0.15, 0.2) is 71.6 Å². The van der Waals surface area contributed by atoms with Crippen molar-refractivity contribution in [3.8, 4) is 17.2 Å². The molecule has 29 heavy (non-hydrogen) atoms. The van der Waals surface area contributed by atoms with Crippen molar-refractivity contribution < 1.29 is 14.9 Å². The van der Waals surface area contributed by atoms with Gasteiger partial charge in [-0.2, -0.15) is 0 Å². The molecule has 0 spiro atoms. The molecule has 0 aromatic heterocycles. The monoisotopic (exact) mass is 406 g/mol. The molecule has 0 radical (unpaired) electrons. The molecule has 0 saturated carbocycles. The van der Waals surface area contributed by atoms with Crippen molar-refractivity contribution in [3.05, 3.63) is 83.4 Å². The molecule has 3 rings (SSSR count). The Balaban J connectivity index is 2.01. The number of aromatic hydroxyl groups is 2. The van der Waals surface area contributed by atoms with Crippen LogP contribution in [-0.4, -0.2) is 16.8 Å². The Hall–Kier alpha value is -2.85. The molecule has 0 aliphatic carbocycles. The van der Waals surface area contributed by atoms with Crippen LogP contribution in [0.2, 0.25) is 0 Å². The van der Waals surface area contributed by atoms with Gasteiger partial charge in [-0.15, -0.1) is 12.6 Å². The largest absolute Gasteiger partial charge is 0.508 e. The van der Waals surface area contributed by atoms with Crippen molar-refractivity contribution in [2.45, 2.75) is 31.6 Å². The fourth-order valence-electron chi connectivity index (χ4n) is 3.22. The zero-order valence-electron chi connectivity index (χ0n) is 16.7. The number of ether oxygens (including phenoxy) is 1. The molecular formula is C25H26O3S. The van der Waals surface area contributed by atoms with Gasteiger partial charge in [0.25, 0.3) is 0 Å². The molecule has 0 unspecified atom stereocenters. The number of rotatable bonds is 7. The van der Waals surface area contributed by atoms with Crippen molar-refractivity contribution in [2.75, 3.05) is 6.61 Å². The molecular weight excluding hydrogens is 380 g/mol. The molecule has 0 aliphatic rings. The lowest BCUT2D eigenvalue weighted by Gasteiger charge is -2.16. The fraction of sp³-hybridized carbons (Fsp3) is 0.200. The van der Waals surface area contributed by atoms with E-state index in [4.69, 9.17) is 4.74 Å². The maximum absolute atomic E-state index is 9.79. The second-order valence-electron chi connectivity index (χ2n) is 7.02. The van der Waals surface area contributed by atoms with E-state index in [-0.39, 0.29) is 11.5 Å². The van der Waals surface area contributed by atoms with E-state index in [0.29, 0.717) is 13.0 Å². The first-order valence-corrected chi connectivity index (χ1v) is 10.2. The van der Waals surface area contributed by atoms with E-state index in [0.717, 1.165) is 44.9 Å². The topological polar surface area (TPSA) is 49.7 Å². The molecule has 3 aromatic carbocycles. The van der Waals surface area contributed by atoms with E-state index < -0.39 is 0 Å². The van der Waals surface area contributed by atoms with Gasteiger partial charge in [0.05, 0.1) is 6.61 Å². The summed E-state index contributed by atoms with van der Waals surface area (Å²) in [7, 11) is 0. The molecule has 0 atom stereocenters. The molecule has 2 N–H and O–H groups in total. The number of phenols is 2. The number of hydrogen-bond donors (Lipinski definition) is 3. The highest BCUT2D eigenvalue weighted by Gasteiger charge is 2.13. The van der Waals surface area contributed by atoms with Crippen LogP contribution in [0.3, 0.4) is 0 Å². The lowest BCUT2D eigenvalue weighted by Crippen LogP contribution is -1.98. The minimum absolute atomic E-state index is 0.192. The van der Waals surface area contributed by atoms with Crippen molar-refractivity contribution in [1.82, 2.24) is 0 Å².